The molecular weight excluding hydrogens is 777 g/mol. The Balaban J connectivity index is 1.01. The molecule has 0 saturated carbocycles. The molecule has 314 valence electrons. The monoisotopic (exact) mass is 824 g/mol. The highest BCUT2D eigenvalue weighted by atomic mass is 16.5. The highest BCUT2D eigenvalue weighted by Gasteiger charge is 2.39. The average molecular weight is 825 g/mol. The number of nitrogens with one attached hydrogen (secondary N) is 1. The molecule has 5 aromatic rings. The minimum atomic E-state index is -0.312. The number of nitrogens with zero attached hydrogens (tertiary/aromatic N) is 3. The van der Waals surface area contributed by atoms with Crippen molar-refractivity contribution in [3.63, 3.8) is 0 Å². The number of esters is 1. The van der Waals surface area contributed by atoms with E-state index in [9.17, 15) is 14.4 Å². The summed E-state index contributed by atoms with van der Waals surface area (Å²) in [6, 6.07) is 28.9. The topological polar surface area (TPSA) is 137 Å². The maximum absolute atomic E-state index is 13.9. The van der Waals surface area contributed by atoms with Gasteiger partial charge in [-0.2, -0.15) is 0 Å². The van der Waals surface area contributed by atoms with Crippen molar-refractivity contribution in [1.29, 1.82) is 0 Å². The Morgan fingerprint density at radius 1 is 0.787 bits per heavy atom. The van der Waals surface area contributed by atoms with Gasteiger partial charge in [-0.05, 0) is 84.1 Å². The molecule has 0 spiro atoms. The second-order valence-electron chi connectivity index (χ2n) is 15.0. The van der Waals surface area contributed by atoms with Crippen LogP contribution in [0.2, 0.25) is 0 Å². The number of anilines is 3. The summed E-state index contributed by atoms with van der Waals surface area (Å²) in [5, 5.41) is 3.54. The highest BCUT2D eigenvalue weighted by Crippen LogP contribution is 2.43. The number of carbonyl (C=O) groups is 3. The molecule has 0 aromatic heterocycles. The van der Waals surface area contributed by atoms with Crippen molar-refractivity contribution in [3.05, 3.63) is 130 Å². The number of para-hydroxylation sites is 2. The van der Waals surface area contributed by atoms with Crippen LogP contribution >= 0.6 is 0 Å². The minimum absolute atomic E-state index is 0.0913. The van der Waals surface area contributed by atoms with Crippen molar-refractivity contribution in [2.24, 2.45) is 4.99 Å². The van der Waals surface area contributed by atoms with Gasteiger partial charge >= 0.3 is 5.97 Å². The number of rotatable bonds is 17. The molecule has 0 radical (unpaired) electrons. The third kappa shape index (κ3) is 8.60. The van der Waals surface area contributed by atoms with Gasteiger partial charge in [0, 0.05) is 43.1 Å². The number of amides is 2. The van der Waals surface area contributed by atoms with Gasteiger partial charge in [0.25, 0.3) is 11.8 Å². The first-order chi connectivity index (χ1) is 29.8. The predicted molar refractivity (Wildman–Crippen MR) is 232 cm³/mol. The zero-order valence-corrected chi connectivity index (χ0v) is 34.5. The summed E-state index contributed by atoms with van der Waals surface area (Å²) < 4.78 is 34.7. The first-order valence-corrected chi connectivity index (χ1v) is 20.3. The molecule has 0 aliphatic carbocycles. The normalized spacial score (nSPS) is 14.6. The fourth-order valence-electron chi connectivity index (χ4n) is 8.22. The Labute approximate surface area is 354 Å². The van der Waals surface area contributed by atoms with E-state index in [0.29, 0.717) is 77.9 Å². The summed E-state index contributed by atoms with van der Waals surface area (Å²) in [5.74, 6) is 1.15. The molecule has 61 heavy (non-hydrogen) atoms. The molecule has 1 N–H and O–H groups in total. The summed E-state index contributed by atoms with van der Waals surface area (Å²) >= 11 is 0. The predicted octanol–water partition coefficient (Wildman–Crippen LogP) is 7.86. The van der Waals surface area contributed by atoms with Crippen molar-refractivity contribution < 1.29 is 42.8 Å². The van der Waals surface area contributed by atoms with Crippen LogP contribution in [0.25, 0.3) is 0 Å². The molecule has 0 fully saturated rings. The molecule has 8 rings (SSSR count). The summed E-state index contributed by atoms with van der Waals surface area (Å²) in [6.07, 6.45) is 2.88. The van der Waals surface area contributed by atoms with Crippen molar-refractivity contribution in [2.45, 2.75) is 51.5 Å². The van der Waals surface area contributed by atoms with Crippen LogP contribution in [0.5, 0.6) is 23.0 Å². The zero-order valence-electron chi connectivity index (χ0n) is 34.5. The number of hydrogen-bond donors (Lipinski definition) is 1. The molecule has 5 aromatic carbocycles. The summed E-state index contributed by atoms with van der Waals surface area (Å²) in [7, 11) is 4.45. The maximum atomic E-state index is 13.9. The third-order valence-corrected chi connectivity index (χ3v) is 11.2. The van der Waals surface area contributed by atoms with Crippen molar-refractivity contribution in [3.8, 4) is 23.0 Å². The van der Waals surface area contributed by atoms with Gasteiger partial charge in [-0.25, -0.2) is 0 Å². The van der Waals surface area contributed by atoms with E-state index in [1.807, 2.05) is 65.6 Å². The number of methoxy groups -OCH3 is 3. The van der Waals surface area contributed by atoms with E-state index in [2.05, 4.69) is 29.2 Å². The van der Waals surface area contributed by atoms with Gasteiger partial charge in [0.05, 0.1) is 56.9 Å². The number of carbonyl (C=O) groups excluding carboxylic acids is 3. The lowest BCUT2D eigenvalue weighted by Gasteiger charge is -2.33. The zero-order chi connectivity index (χ0) is 42.5. The van der Waals surface area contributed by atoms with Crippen molar-refractivity contribution in [1.82, 2.24) is 0 Å². The van der Waals surface area contributed by atoms with Crippen molar-refractivity contribution >= 4 is 47.3 Å². The lowest BCUT2D eigenvalue weighted by molar-refractivity contribution is -0.141. The third-order valence-electron chi connectivity index (χ3n) is 11.2. The summed E-state index contributed by atoms with van der Waals surface area (Å²) in [5.41, 5.74) is 8.78. The smallest absolute Gasteiger partial charge is 0.307 e. The van der Waals surface area contributed by atoms with Crippen LogP contribution in [0.1, 0.15) is 61.4 Å². The van der Waals surface area contributed by atoms with E-state index in [-0.39, 0.29) is 50.2 Å². The van der Waals surface area contributed by atoms with Gasteiger partial charge in [0.1, 0.15) is 19.4 Å². The fraction of sp³-hybridized carbons (Fsp3) is 0.292. The number of fused-ring (bicyclic) bond motifs is 5. The Kier molecular flexibility index (Phi) is 12.2. The largest absolute Gasteiger partial charge is 0.493 e. The Hall–Kier alpha value is -6.86. The van der Waals surface area contributed by atoms with Crippen LogP contribution in [0.15, 0.2) is 96.0 Å². The number of aryl methyl sites for hydroxylation is 1. The van der Waals surface area contributed by atoms with Crippen LogP contribution in [-0.2, 0) is 46.7 Å². The van der Waals surface area contributed by atoms with E-state index in [1.54, 1.807) is 30.2 Å². The van der Waals surface area contributed by atoms with Crippen LogP contribution in [0, 0.1) is 0 Å². The molecule has 0 unspecified atom stereocenters. The molecule has 13 nitrogen and oxygen atoms in total. The maximum Gasteiger partial charge on any atom is 0.307 e. The molecular formula is C48H48N4O9. The first-order valence-electron chi connectivity index (χ1n) is 20.3. The summed E-state index contributed by atoms with van der Waals surface area (Å²) in [6.45, 7) is 5.45. The Morgan fingerprint density at radius 2 is 1.46 bits per heavy atom. The highest BCUT2D eigenvalue weighted by molar-refractivity contribution is 6.14. The Morgan fingerprint density at radius 3 is 2.18 bits per heavy atom. The molecule has 3 aliphatic rings. The van der Waals surface area contributed by atoms with Crippen LogP contribution in [0.3, 0.4) is 0 Å². The SMILES string of the molecule is C=Nc1cc(OCc2cc(CCCOCCC(=O)OC)cc(COc3cc4c(cc3OC)C(=O)N3c5ccccc5C[C@H]3N4)c2)c(OC)cc1C(=O)N1CCc2ccccc21. The molecule has 13 heteroatoms. The Bertz CT molecular complexity index is 2490. The number of hydrogen-bond acceptors (Lipinski definition) is 11. The van der Waals surface area contributed by atoms with E-state index < -0.39 is 0 Å². The van der Waals surface area contributed by atoms with Gasteiger partial charge in [0.2, 0.25) is 0 Å². The van der Waals surface area contributed by atoms with E-state index in [0.717, 1.165) is 45.6 Å². The molecule has 3 aliphatic heterocycles. The van der Waals surface area contributed by atoms with E-state index >= 15 is 0 Å². The van der Waals surface area contributed by atoms with Gasteiger partial charge in [-0.3, -0.25) is 24.3 Å². The minimum Gasteiger partial charge on any atom is -0.493 e. The van der Waals surface area contributed by atoms with Crippen LogP contribution in [-0.4, -0.2) is 71.8 Å². The second kappa shape index (κ2) is 18.2. The van der Waals surface area contributed by atoms with Crippen molar-refractivity contribution in [2.75, 3.05) is 56.2 Å². The first kappa shape index (κ1) is 40.9. The van der Waals surface area contributed by atoms with E-state index in [1.165, 1.54) is 14.2 Å². The fourth-order valence-corrected chi connectivity index (χ4v) is 8.22. The number of ether oxygens (including phenoxy) is 6. The molecule has 2 amide bonds. The average Bonchev–Trinajstić information content (AvgIpc) is 3.90. The lowest BCUT2D eigenvalue weighted by Crippen LogP contribution is -2.46. The molecule has 0 bridgehead atoms. The van der Waals surface area contributed by atoms with Gasteiger partial charge in [0.15, 0.2) is 23.0 Å². The van der Waals surface area contributed by atoms with E-state index in [4.69, 9.17) is 28.4 Å². The van der Waals surface area contributed by atoms with Gasteiger partial charge in [-0.15, -0.1) is 0 Å². The van der Waals surface area contributed by atoms with Gasteiger partial charge < -0.3 is 38.6 Å². The second-order valence-corrected chi connectivity index (χ2v) is 15.0. The molecule has 0 saturated heterocycles. The standard InChI is InChI=1S/C48H48N4O9/c1-49-37-26-43(41(56-2)24-35(37)47(54)51-17-15-33-11-5-7-13-39(33)51)60-28-31-20-30(10-9-18-59-19-16-46(53)58-4)21-32(22-31)29-61-44-27-38-36(25-42(44)57-3)48(55)52-40-14-8-6-12-34(40)23-45(52)50-38/h5-8,11-14,20-22,24-27,45,50H,1,9-10,15-19,23,28-29H2,2-4H3/t45-/m0/s1. The van der Waals surface area contributed by atoms with Crippen LogP contribution < -0.4 is 34.1 Å². The molecule has 1 atom stereocenters. The quantitative estimate of drug-likeness (QED) is 0.0561. The van der Waals surface area contributed by atoms with Gasteiger partial charge in [-0.1, -0.05) is 48.5 Å². The number of aliphatic imine (C=N–C) groups is 1. The number of benzene rings is 5. The lowest BCUT2D eigenvalue weighted by atomic mass is 10.0. The molecule has 3 heterocycles. The van der Waals surface area contributed by atoms with Crippen LogP contribution in [0.4, 0.5) is 22.7 Å². The summed E-state index contributed by atoms with van der Waals surface area (Å²) in [4.78, 5) is 46.9.